The monoisotopic (exact) mass is 435 g/mol. The molecule has 1 atom stereocenters. The van der Waals surface area contributed by atoms with Crippen molar-refractivity contribution in [2.45, 2.75) is 62.5 Å². The molecule has 30 heavy (non-hydrogen) atoms. The van der Waals surface area contributed by atoms with Gasteiger partial charge in [0.1, 0.15) is 5.52 Å². The molecule has 0 aliphatic carbocycles. The molecule has 2 aliphatic heterocycles. The Morgan fingerprint density at radius 3 is 2.80 bits per heavy atom. The fraction of sp³-hybridized carbons (Fsp3) is 0.650. The summed E-state index contributed by atoms with van der Waals surface area (Å²) in [5.74, 6) is 0.00447. The molecule has 1 N–H and O–H groups in total. The molecule has 2 aromatic rings. The zero-order valence-corrected chi connectivity index (χ0v) is 17.9. The van der Waals surface area contributed by atoms with E-state index < -0.39 is 10.0 Å². The summed E-state index contributed by atoms with van der Waals surface area (Å²) < 4.78 is 34.5. The highest BCUT2D eigenvalue weighted by atomic mass is 32.2. The normalized spacial score (nSPS) is 20.6. The lowest BCUT2D eigenvalue weighted by Gasteiger charge is -2.25. The lowest BCUT2D eigenvalue weighted by molar-refractivity contribution is -0.121. The highest BCUT2D eigenvalue weighted by molar-refractivity contribution is 7.89. The SMILES string of the molecule is O=C(CCCn1nnc2cc(S(=O)(=O)N3CCCCC3)ccc21)NC[C@@H]1CCCO1. The van der Waals surface area contributed by atoms with Gasteiger partial charge in [-0.1, -0.05) is 11.6 Å². The van der Waals surface area contributed by atoms with Crippen molar-refractivity contribution in [3.63, 3.8) is 0 Å². The maximum atomic E-state index is 12.9. The van der Waals surface area contributed by atoms with Crippen LogP contribution in [-0.2, 0) is 26.1 Å². The molecule has 4 rings (SSSR count). The first-order valence-electron chi connectivity index (χ1n) is 10.8. The molecular formula is C20H29N5O4S. The second kappa shape index (κ2) is 9.40. The van der Waals surface area contributed by atoms with Crippen molar-refractivity contribution in [1.29, 1.82) is 0 Å². The zero-order valence-electron chi connectivity index (χ0n) is 17.1. The van der Waals surface area contributed by atoms with Gasteiger partial charge >= 0.3 is 0 Å². The summed E-state index contributed by atoms with van der Waals surface area (Å²) in [5, 5.41) is 11.2. The van der Waals surface area contributed by atoms with E-state index in [-0.39, 0.29) is 16.9 Å². The molecule has 1 aromatic carbocycles. The van der Waals surface area contributed by atoms with Gasteiger partial charge in [0, 0.05) is 39.2 Å². The van der Waals surface area contributed by atoms with Gasteiger partial charge < -0.3 is 10.1 Å². The Morgan fingerprint density at radius 1 is 1.20 bits per heavy atom. The summed E-state index contributed by atoms with van der Waals surface area (Å²) in [6, 6.07) is 4.97. The number of nitrogens with one attached hydrogen (secondary N) is 1. The number of aromatic nitrogens is 3. The summed E-state index contributed by atoms with van der Waals surface area (Å²) in [5.41, 5.74) is 1.32. The fourth-order valence-corrected chi connectivity index (χ4v) is 5.58. The third-order valence-corrected chi connectivity index (χ3v) is 7.66. The Bertz CT molecular complexity index is 978. The van der Waals surface area contributed by atoms with Crippen molar-refractivity contribution in [2.24, 2.45) is 0 Å². The van der Waals surface area contributed by atoms with Gasteiger partial charge in [-0.15, -0.1) is 5.10 Å². The molecule has 2 saturated heterocycles. The molecule has 0 spiro atoms. The summed E-state index contributed by atoms with van der Waals surface area (Å²) in [6.45, 7) is 3.03. The van der Waals surface area contributed by atoms with E-state index in [0.717, 1.165) is 44.2 Å². The molecule has 1 aromatic heterocycles. The third-order valence-electron chi connectivity index (χ3n) is 5.76. The number of aryl methyl sites for hydroxylation is 1. The third kappa shape index (κ3) is 4.81. The largest absolute Gasteiger partial charge is 0.376 e. The first kappa shape index (κ1) is 21.2. The first-order valence-corrected chi connectivity index (χ1v) is 12.2. The number of sulfonamides is 1. The van der Waals surface area contributed by atoms with Crippen LogP contribution in [0.2, 0.25) is 0 Å². The Hall–Kier alpha value is -2.04. The number of piperidine rings is 1. The number of hydrogen-bond donors (Lipinski definition) is 1. The number of amides is 1. The minimum absolute atomic E-state index is 0.00447. The van der Waals surface area contributed by atoms with Crippen molar-refractivity contribution >= 4 is 27.0 Å². The van der Waals surface area contributed by atoms with Crippen LogP contribution < -0.4 is 5.32 Å². The van der Waals surface area contributed by atoms with Crippen molar-refractivity contribution < 1.29 is 17.9 Å². The lowest BCUT2D eigenvalue weighted by Crippen LogP contribution is -2.35. The maximum Gasteiger partial charge on any atom is 0.243 e. The standard InChI is InChI=1S/C20H29N5O4S/c26-20(21-15-16-6-5-13-29-16)7-4-12-25-19-9-8-17(14-18(19)22-23-25)30(27,28)24-10-2-1-3-11-24/h8-9,14,16H,1-7,10-13,15H2,(H,21,26)/t16-/m0/s1. The Balaban J connectivity index is 1.33. The summed E-state index contributed by atoms with van der Waals surface area (Å²) in [4.78, 5) is 12.3. The number of carbonyl (C=O) groups excluding carboxylic acids is 1. The molecule has 10 heteroatoms. The van der Waals surface area contributed by atoms with Gasteiger partial charge in [-0.2, -0.15) is 4.31 Å². The number of ether oxygens (including phenoxy) is 1. The van der Waals surface area contributed by atoms with Crippen LogP contribution in [0, 0.1) is 0 Å². The number of hydrogen-bond acceptors (Lipinski definition) is 6. The molecule has 1 amide bonds. The lowest BCUT2D eigenvalue weighted by atomic mass is 10.2. The Morgan fingerprint density at radius 2 is 2.03 bits per heavy atom. The number of benzene rings is 1. The minimum Gasteiger partial charge on any atom is -0.376 e. The van der Waals surface area contributed by atoms with Crippen LogP contribution in [0.1, 0.15) is 44.9 Å². The topological polar surface area (TPSA) is 106 Å². The van der Waals surface area contributed by atoms with Crippen LogP contribution in [-0.4, -0.2) is 66.0 Å². The molecule has 164 valence electrons. The number of nitrogens with zero attached hydrogens (tertiary/aromatic N) is 4. The predicted molar refractivity (Wildman–Crippen MR) is 111 cm³/mol. The van der Waals surface area contributed by atoms with E-state index in [1.807, 2.05) is 0 Å². The van der Waals surface area contributed by atoms with Crippen LogP contribution in [0.5, 0.6) is 0 Å². The first-order chi connectivity index (χ1) is 14.5. The maximum absolute atomic E-state index is 12.9. The van der Waals surface area contributed by atoms with Gasteiger partial charge in [0.2, 0.25) is 15.9 Å². The number of carbonyl (C=O) groups is 1. The van der Waals surface area contributed by atoms with E-state index in [4.69, 9.17) is 4.74 Å². The highest BCUT2D eigenvalue weighted by Crippen LogP contribution is 2.23. The highest BCUT2D eigenvalue weighted by Gasteiger charge is 2.26. The summed E-state index contributed by atoms with van der Waals surface area (Å²) in [7, 11) is -3.49. The average Bonchev–Trinajstić information content (AvgIpc) is 3.42. The van der Waals surface area contributed by atoms with Gasteiger partial charge in [0.05, 0.1) is 16.5 Å². The van der Waals surface area contributed by atoms with Crippen LogP contribution in [0.3, 0.4) is 0 Å². The fourth-order valence-electron chi connectivity index (χ4n) is 4.04. The van der Waals surface area contributed by atoms with Crippen LogP contribution in [0.25, 0.3) is 11.0 Å². The number of fused-ring (bicyclic) bond motifs is 1. The van der Waals surface area contributed by atoms with Gasteiger partial charge in [0.25, 0.3) is 0 Å². The zero-order chi connectivity index (χ0) is 21.0. The molecular weight excluding hydrogens is 406 g/mol. The molecule has 3 heterocycles. The van der Waals surface area contributed by atoms with Gasteiger partial charge in [-0.25, -0.2) is 13.1 Å². The van der Waals surface area contributed by atoms with E-state index in [1.165, 1.54) is 0 Å². The van der Waals surface area contributed by atoms with Crippen LogP contribution in [0.4, 0.5) is 0 Å². The molecule has 0 saturated carbocycles. The van der Waals surface area contributed by atoms with E-state index >= 15 is 0 Å². The molecule has 0 unspecified atom stereocenters. The molecule has 2 aliphatic rings. The molecule has 0 radical (unpaired) electrons. The minimum atomic E-state index is -3.49. The quantitative estimate of drug-likeness (QED) is 0.676. The second-order valence-electron chi connectivity index (χ2n) is 7.97. The van der Waals surface area contributed by atoms with Gasteiger partial charge in [-0.3, -0.25) is 4.79 Å². The predicted octanol–water partition coefficient (Wildman–Crippen LogP) is 1.68. The van der Waals surface area contributed by atoms with Crippen LogP contribution >= 0.6 is 0 Å². The Labute approximate surface area is 176 Å². The molecule has 9 nitrogen and oxygen atoms in total. The van der Waals surface area contributed by atoms with Crippen molar-refractivity contribution in [3.05, 3.63) is 18.2 Å². The number of rotatable bonds is 8. The van der Waals surface area contributed by atoms with E-state index in [0.29, 0.717) is 44.5 Å². The Kier molecular flexibility index (Phi) is 6.64. The summed E-state index contributed by atoms with van der Waals surface area (Å²) in [6.07, 6.45) is 6.10. The van der Waals surface area contributed by atoms with Gasteiger partial charge in [0.15, 0.2) is 0 Å². The van der Waals surface area contributed by atoms with E-state index in [9.17, 15) is 13.2 Å². The van der Waals surface area contributed by atoms with Gasteiger partial charge in [-0.05, 0) is 50.3 Å². The second-order valence-corrected chi connectivity index (χ2v) is 9.91. The van der Waals surface area contributed by atoms with E-state index in [1.54, 1.807) is 27.2 Å². The van der Waals surface area contributed by atoms with Crippen molar-refractivity contribution in [2.75, 3.05) is 26.2 Å². The molecule has 2 fully saturated rings. The molecule has 0 bridgehead atoms. The van der Waals surface area contributed by atoms with Crippen molar-refractivity contribution in [3.8, 4) is 0 Å². The van der Waals surface area contributed by atoms with Crippen molar-refractivity contribution in [1.82, 2.24) is 24.6 Å². The summed E-state index contributed by atoms with van der Waals surface area (Å²) >= 11 is 0. The average molecular weight is 436 g/mol. The smallest absolute Gasteiger partial charge is 0.243 e. The van der Waals surface area contributed by atoms with E-state index in [2.05, 4.69) is 15.6 Å². The van der Waals surface area contributed by atoms with Crippen LogP contribution in [0.15, 0.2) is 23.1 Å².